The van der Waals surface area contributed by atoms with Crippen LogP contribution in [0.25, 0.3) is 0 Å². The molecular weight excluding hydrogens is 690 g/mol. The summed E-state index contributed by atoms with van der Waals surface area (Å²) in [6, 6.07) is -7.84. The Kier molecular flexibility index (Phi) is 21.1. The van der Waals surface area contributed by atoms with Crippen molar-refractivity contribution < 1.29 is 73.5 Å². The zero-order valence-electron chi connectivity index (χ0n) is 27.8. The Bertz CT molecular complexity index is 1260. The van der Waals surface area contributed by atoms with Crippen molar-refractivity contribution in [1.82, 2.24) is 26.6 Å². The van der Waals surface area contributed by atoms with Crippen molar-refractivity contribution in [2.75, 3.05) is 12.0 Å². The minimum absolute atomic E-state index is 0.0106. The molecule has 0 aromatic heterocycles. The van der Waals surface area contributed by atoms with Gasteiger partial charge < -0.3 is 52.1 Å². The van der Waals surface area contributed by atoms with Crippen LogP contribution >= 0.6 is 11.8 Å². The Morgan fingerprint density at radius 2 is 0.960 bits per heavy atom. The lowest BCUT2D eigenvalue weighted by Gasteiger charge is -2.28. The van der Waals surface area contributed by atoms with Gasteiger partial charge in [-0.1, -0.05) is 13.8 Å². The maximum absolute atomic E-state index is 13.4. The van der Waals surface area contributed by atoms with Gasteiger partial charge in [-0.3, -0.25) is 43.2 Å². The zero-order valence-corrected chi connectivity index (χ0v) is 28.6. The molecule has 50 heavy (non-hydrogen) atoms. The van der Waals surface area contributed by atoms with E-state index in [9.17, 15) is 63.3 Å². The molecule has 0 rings (SSSR count). The number of carbonyl (C=O) groups excluding carboxylic acids is 5. The SMILES string of the molecule is CSCC[C@H](NC(=O)CCCC(=O)O)C(=O)N[C@@H](CCC(=O)O)C(=O)N[C@@H](CCC(=O)O)C(=O)N[C@H](C(=O)N[C@@H](CC(=O)O)C(=O)O)C(C)C. The molecule has 0 aliphatic carbocycles. The third-order valence-electron chi connectivity index (χ3n) is 6.86. The molecule has 0 aliphatic heterocycles. The molecule has 0 heterocycles. The molecule has 20 nitrogen and oxygen atoms in total. The second-order valence-corrected chi connectivity index (χ2v) is 12.3. The first-order valence-electron chi connectivity index (χ1n) is 15.4. The molecule has 5 atom stereocenters. The van der Waals surface area contributed by atoms with Gasteiger partial charge in [0.05, 0.1) is 6.42 Å². The quantitative estimate of drug-likeness (QED) is 0.0476. The third-order valence-corrected chi connectivity index (χ3v) is 7.50. The fourth-order valence-electron chi connectivity index (χ4n) is 4.21. The number of nitrogens with one attached hydrogen (secondary N) is 5. The van der Waals surface area contributed by atoms with Crippen LogP contribution in [0.3, 0.4) is 0 Å². The number of rotatable bonds is 26. The molecule has 0 saturated heterocycles. The van der Waals surface area contributed by atoms with Gasteiger partial charge >= 0.3 is 29.8 Å². The van der Waals surface area contributed by atoms with Crippen molar-refractivity contribution in [1.29, 1.82) is 0 Å². The van der Waals surface area contributed by atoms with Crippen molar-refractivity contribution in [3.8, 4) is 0 Å². The first-order valence-corrected chi connectivity index (χ1v) is 16.8. The first kappa shape index (κ1) is 45.0. The minimum Gasteiger partial charge on any atom is -0.481 e. The van der Waals surface area contributed by atoms with Crippen LogP contribution in [0.2, 0.25) is 0 Å². The van der Waals surface area contributed by atoms with E-state index in [2.05, 4.69) is 21.3 Å². The van der Waals surface area contributed by atoms with Crippen molar-refractivity contribution >= 4 is 71.1 Å². The number of hydrogen-bond donors (Lipinski definition) is 10. The summed E-state index contributed by atoms with van der Waals surface area (Å²) in [5, 5.41) is 56.8. The second-order valence-electron chi connectivity index (χ2n) is 11.4. The molecular formula is C29H45N5O15S. The van der Waals surface area contributed by atoms with E-state index in [1.165, 1.54) is 25.6 Å². The number of carboxylic acid groups (broad SMARTS) is 5. The lowest BCUT2D eigenvalue weighted by Crippen LogP contribution is -2.59. The largest absolute Gasteiger partial charge is 0.481 e. The van der Waals surface area contributed by atoms with E-state index in [0.717, 1.165) is 0 Å². The molecule has 0 bridgehead atoms. The van der Waals surface area contributed by atoms with Gasteiger partial charge in [-0.05, 0) is 43.6 Å². The molecule has 0 unspecified atom stereocenters. The Balaban J connectivity index is 6.14. The average molecular weight is 736 g/mol. The monoisotopic (exact) mass is 735 g/mol. The number of thioether (sulfide) groups is 1. The third kappa shape index (κ3) is 19.1. The Morgan fingerprint density at radius 1 is 0.520 bits per heavy atom. The topological polar surface area (TPSA) is 332 Å². The van der Waals surface area contributed by atoms with E-state index in [4.69, 9.17) is 10.2 Å². The van der Waals surface area contributed by atoms with Crippen LogP contribution in [-0.2, 0) is 47.9 Å². The molecule has 0 fully saturated rings. The zero-order chi connectivity index (χ0) is 38.6. The van der Waals surface area contributed by atoms with Crippen molar-refractivity contribution in [2.45, 2.75) is 102 Å². The number of hydrogen-bond acceptors (Lipinski definition) is 11. The lowest BCUT2D eigenvalue weighted by molar-refractivity contribution is -0.147. The van der Waals surface area contributed by atoms with Gasteiger partial charge in [0, 0.05) is 25.7 Å². The summed E-state index contributed by atoms with van der Waals surface area (Å²) in [4.78, 5) is 121. The van der Waals surface area contributed by atoms with Crippen LogP contribution in [0, 0.1) is 5.92 Å². The number of carbonyl (C=O) groups is 10. The molecule has 0 aliphatic rings. The Labute approximate surface area is 290 Å². The molecule has 0 aromatic rings. The predicted octanol–water partition coefficient (Wildman–Crippen LogP) is -1.64. The number of amides is 5. The molecule has 21 heteroatoms. The van der Waals surface area contributed by atoms with Gasteiger partial charge in [-0.25, -0.2) is 4.79 Å². The highest BCUT2D eigenvalue weighted by molar-refractivity contribution is 7.98. The van der Waals surface area contributed by atoms with E-state index in [1.807, 2.05) is 5.32 Å². The first-order chi connectivity index (χ1) is 23.3. The summed E-state index contributed by atoms with van der Waals surface area (Å²) >= 11 is 1.33. The fourth-order valence-corrected chi connectivity index (χ4v) is 4.69. The highest BCUT2D eigenvalue weighted by atomic mass is 32.2. The molecule has 0 spiro atoms. The molecule has 282 valence electrons. The van der Waals surface area contributed by atoms with Crippen LogP contribution in [-0.4, -0.2) is 127 Å². The van der Waals surface area contributed by atoms with Gasteiger partial charge in [0.1, 0.15) is 30.2 Å². The van der Waals surface area contributed by atoms with E-state index >= 15 is 0 Å². The Morgan fingerprint density at radius 3 is 1.36 bits per heavy atom. The number of aliphatic carboxylic acids is 5. The van der Waals surface area contributed by atoms with Gasteiger partial charge in [0.25, 0.3) is 0 Å². The van der Waals surface area contributed by atoms with Gasteiger partial charge in [0.15, 0.2) is 0 Å². The van der Waals surface area contributed by atoms with Gasteiger partial charge in [0.2, 0.25) is 29.5 Å². The normalized spacial score (nSPS) is 13.8. The summed E-state index contributed by atoms with van der Waals surface area (Å²) in [7, 11) is 0. The summed E-state index contributed by atoms with van der Waals surface area (Å²) in [6.45, 7) is 2.91. The Hall–Kier alpha value is -4.95. The summed E-state index contributed by atoms with van der Waals surface area (Å²) in [5.41, 5.74) is 0. The number of carboxylic acids is 5. The maximum Gasteiger partial charge on any atom is 0.326 e. The average Bonchev–Trinajstić information content (AvgIpc) is 3.00. The summed E-state index contributed by atoms with van der Waals surface area (Å²) in [6.07, 6.45) is -2.06. The van der Waals surface area contributed by atoms with Crippen molar-refractivity contribution in [3.63, 3.8) is 0 Å². The standard InChI is InChI=1S/C29H45N5O15S/c1-14(2)24(28(47)33-18(29(48)49)13-23(42)43)34-27(46)16(8-10-22(40)41)32-25(44)15(7-9-21(38)39)31-26(45)17(11-12-50-3)30-19(35)5-4-6-20(36)37/h14-18,24H,4-13H2,1-3H3,(H,30,35)(H,31,45)(H,32,44)(H,33,47)(H,34,46)(H,36,37)(H,38,39)(H,40,41)(H,42,43)(H,48,49)/t15-,16-,17-,18-,24-/m0/s1. The predicted molar refractivity (Wildman–Crippen MR) is 173 cm³/mol. The fraction of sp³-hybridized carbons (Fsp3) is 0.655. The minimum atomic E-state index is -1.85. The molecule has 5 amide bonds. The molecule has 0 aromatic carbocycles. The molecule has 0 radical (unpaired) electrons. The summed E-state index contributed by atoms with van der Waals surface area (Å²) < 4.78 is 0. The van der Waals surface area contributed by atoms with Gasteiger partial charge in [-0.2, -0.15) is 11.8 Å². The maximum atomic E-state index is 13.4. The highest BCUT2D eigenvalue weighted by Crippen LogP contribution is 2.09. The van der Waals surface area contributed by atoms with Crippen LogP contribution in [0.5, 0.6) is 0 Å². The molecule has 10 N–H and O–H groups in total. The summed E-state index contributed by atoms with van der Waals surface area (Å²) in [5.74, 6) is -12.2. The lowest BCUT2D eigenvalue weighted by atomic mass is 10.0. The van der Waals surface area contributed by atoms with Crippen LogP contribution in [0.4, 0.5) is 0 Å². The molecule has 0 saturated carbocycles. The smallest absolute Gasteiger partial charge is 0.326 e. The highest BCUT2D eigenvalue weighted by Gasteiger charge is 2.34. The van der Waals surface area contributed by atoms with Gasteiger partial charge in [-0.15, -0.1) is 0 Å². The van der Waals surface area contributed by atoms with Crippen molar-refractivity contribution in [3.05, 3.63) is 0 Å². The second kappa shape index (κ2) is 23.4. The van der Waals surface area contributed by atoms with E-state index in [1.54, 1.807) is 6.26 Å². The van der Waals surface area contributed by atoms with E-state index in [-0.39, 0.29) is 25.7 Å². The van der Waals surface area contributed by atoms with Crippen LogP contribution in [0.15, 0.2) is 0 Å². The van der Waals surface area contributed by atoms with Crippen LogP contribution in [0.1, 0.15) is 71.6 Å². The van der Waals surface area contributed by atoms with Crippen molar-refractivity contribution in [2.24, 2.45) is 5.92 Å². The van der Waals surface area contributed by atoms with Crippen LogP contribution < -0.4 is 26.6 Å². The van der Waals surface area contributed by atoms with E-state index < -0.39 is 128 Å². The van der Waals surface area contributed by atoms with E-state index in [0.29, 0.717) is 5.75 Å².